The van der Waals surface area contributed by atoms with Crippen LogP contribution in [0.5, 0.6) is 0 Å². The van der Waals surface area contributed by atoms with Crippen molar-refractivity contribution in [3.63, 3.8) is 0 Å². The van der Waals surface area contributed by atoms with Crippen molar-refractivity contribution in [1.29, 1.82) is 5.26 Å². The molecule has 1 saturated heterocycles. The molecule has 1 aromatic heterocycles. The molecule has 0 bridgehead atoms. The predicted octanol–water partition coefficient (Wildman–Crippen LogP) is -0.376. The smallest absolute Gasteiger partial charge is 0.279 e. The number of quaternary nitrogens is 1. The van der Waals surface area contributed by atoms with Crippen LogP contribution in [0.1, 0.15) is 27.7 Å². The van der Waals surface area contributed by atoms with Crippen LogP contribution in [-0.4, -0.2) is 53.6 Å². The second-order valence-corrected chi connectivity index (χ2v) is 6.87. The number of nitriles is 1. The number of hydrogen-bond donors (Lipinski definition) is 2. The summed E-state index contributed by atoms with van der Waals surface area (Å²) in [5.41, 5.74) is -0.829. The van der Waals surface area contributed by atoms with E-state index in [1.807, 2.05) is 20.8 Å². The zero-order chi connectivity index (χ0) is 17.7. The summed E-state index contributed by atoms with van der Waals surface area (Å²) >= 11 is 0. The second-order valence-electron chi connectivity index (χ2n) is 6.87. The minimum absolute atomic E-state index is 0.0562. The topological polar surface area (TPSA) is 86.4 Å². The molecule has 2 atom stereocenters. The highest BCUT2D eigenvalue weighted by atomic mass is 16.2. The zero-order valence-electron chi connectivity index (χ0n) is 14.9. The van der Waals surface area contributed by atoms with E-state index in [-0.39, 0.29) is 17.9 Å². The van der Waals surface area contributed by atoms with Crippen LogP contribution in [0.2, 0.25) is 0 Å². The highest BCUT2D eigenvalue weighted by Gasteiger charge is 2.36. The quantitative estimate of drug-likeness (QED) is 0.768. The number of hydrogen-bond acceptors (Lipinski definition) is 5. The summed E-state index contributed by atoms with van der Waals surface area (Å²) in [4.78, 5) is 24.5. The van der Waals surface area contributed by atoms with Crippen molar-refractivity contribution >= 4 is 11.9 Å². The number of aromatic nitrogens is 2. The van der Waals surface area contributed by atoms with Crippen LogP contribution in [-0.2, 0) is 4.79 Å². The van der Waals surface area contributed by atoms with Gasteiger partial charge in [-0.2, -0.15) is 5.26 Å². The Labute approximate surface area is 143 Å². The van der Waals surface area contributed by atoms with Gasteiger partial charge >= 0.3 is 0 Å². The van der Waals surface area contributed by atoms with Crippen molar-refractivity contribution in [3.05, 3.63) is 18.5 Å². The third kappa shape index (κ3) is 4.01. The lowest BCUT2D eigenvalue weighted by Crippen LogP contribution is -3.19. The van der Waals surface area contributed by atoms with E-state index in [9.17, 15) is 10.1 Å². The van der Waals surface area contributed by atoms with Crippen molar-refractivity contribution in [2.75, 3.05) is 31.1 Å². The molecule has 24 heavy (non-hydrogen) atoms. The average molecular weight is 331 g/mol. The Hall–Kier alpha value is -2.20. The molecule has 0 unspecified atom stereocenters. The molecule has 0 spiro atoms. The van der Waals surface area contributed by atoms with Gasteiger partial charge in [0.15, 0.2) is 6.04 Å². The molecule has 7 heteroatoms. The normalized spacial score (nSPS) is 19.4. The predicted molar refractivity (Wildman–Crippen MR) is 91.4 cm³/mol. The van der Waals surface area contributed by atoms with Crippen LogP contribution < -0.4 is 15.1 Å². The molecule has 7 nitrogen and oxygen atoms in total. The summed E-state index contributed by atoms with van der Waals surface area (Å²) in [7, 11) is 0. The monoisotopic (exact) mass is 331 g/mol. The number of nitrogens with one attached hydrogen (secondary N) is 2. The van der Waals surface area contributed by atoms with Gasteiger partial charge in [0.2, 0.25) is 5.95 Å². The molecule has 0 aromatic carbocycles. The van der Waals surface area contributed by atoms with Crippen molar-refractivity contribution in [2.24, 2.45) is 5.92 Å². The second kappa shape index (κ2) is 7.58. The third-order valence-corrected chi connectivity index (χ3v) is 5.02. The van der Waals surface area contributed by atoms with E-state index in [1.165, 1.54) is 4.90 Å². The number of nitrogens with zero attached hydrogens (tertiary/aromatic N) is 4. The van der Waals surface area contributed by atoms with Crippen molar-refractivity contribution < 1.29 is 9.69 Å². The van der Waals surface area contributed by atoms with Gasteiger partial charge in [0.05, 0.1) is 32.2 Å². The molecule has 2 N–H and O–H groups in total. The summed E-state index contributed by atoms with van der Waals surface area (Å²) in [6, 6.07) is 3.85. The standard InChI is InChI=1S/C17H26N6O/c1-13(2)17(4,12-18)21-15(24)14(3)22-8-10-23(11-9-22)16-19-6-5-7-20-16/h5-7,13-14H,8-11H2,1-4H3,(H,21,24)/p+1/t14-,17-/m0/s1. The Morgan fingerprint density at radius 2 is 1.92 bits per heavy atom. The van der Waals surface area contributed by atoms with Gasteiger partial charge in [0.25, 0.3) is 5.91 Å². The molecule has 0 saturated carbocycles. The summed E-state index contributed by atoms with van der Waals surface area (Å²) in [5.74, 6) is 0.735. The largest absolute Gasteiger partial charge is 0.333 e. The van der Waals surface area contributed by atoms with E-state index >= 15 is 0 Å². The third-order valence-electron chi connectivity index (χ3n) is 5.02. The van der Waals surface area contributed by atoms with E-state index in [1.54, 1.807) is 25.4 Å². The summed E-state index contributed by atoms with van der Waals surface area (Å²) < 4.78 is 0. The van der Waals surface area contributed by atoms with Gasteiger partial charge < -0.3 is 15.1 Å². The van der Waals surface area contributed by atoms with Crippen LogP contribution in [0.15, 0.2) is 18.5 Å². The highest BCUT2D eigenvalue weighted by molar-refractivity contribution is 5.81. The fourth-order valence-corrected chi connectivity index (χ4v) is 2.73. The Bertz CT molecular complexity index is 591. The van der Waals surface area contributed by atoms with Gasteiger partial charge in [-0.25, -0.2) is 9.97 Å². The molecule has 130 valence electrons. The van der Waals surface area contributed by atoms with Gasteiger partial charge in [-0.1, -0.05) is 13.8 Å². The SMILES string of the molecule is CC(C)[C@](C)(C#N)NC(=O)[C@H](C)[NH+]1CCN(c2ncccn2)CC1. The molecule has 1 amide bonds. The van der Waals surface area contributed by atoms with Gasteiger partial charge in [-0.3, -0.25) is 4.79 Å². The van der Waals surface area contributed by atoms with E-state index in [2.05, 4.69) is 26.3 Å². The Kier molecular flexibility index (Phi) is 5.73. The van der Waals surface area contributed by atoms with Crippen molar-refractivity contribution in [1.82, 2.24) is 15.3 Å². The van der Waals surface area contributed by atoms with Gasteiger partial charge in [0, 0.05) is 12.4 Å². The van der Waals surface area contributed by atoms with E-state index < -0.39 is 5.54 Å². The van der Waals surface area contributed by atoms with Gasteiger partial charge in [-0.05, 0) is 25.8 Å². The molecule has 2 heterocycles. The maximum Gasteiger partial charge on any atom is 0.279 e. The van der Waals surface area contributed by atoms with Crippen molar-refractivity contribution in [3.8, 4) is 6.07 Å². The molecule has 1 fully saturated rings. The molecule has 1 aliphatic heterocycles. The lowest BCUT2D eigenvalue weighted by molar-refractivity contribution is -0.914. The summed E-state index contributed by atoms with van der Waals surface area (Å²) in [6.07, 6.45) is 3.48. The average Bonchev–Trinajstić information content (AvgIpc) is 2.61. The number of carbonyl (C=O) groups is 1. The fraction of sp³-hybridized carbons (Fsp3) is 0.647. The van der Waals surface area contributed by atoms with E-state index in [4.69, 9.17) is 0 Å². The van der Waals surface area contributed by atoms with Crippen LogP contribution in [0.4, 0.5) is 5.95 Å². The summed E-state index contributed by atoms with van der Waals surface area (Å²) in [6.45, 7) is 10.9. The minimum Gasteiger partial charge on any atom is -0.333 e. The van der Waals surface area contributed by atoms with Crippen molar-refractivity contribution in [2.45, 2.75) is 39.3 Å². The maximum atomic E-state index is 12.6. The lowest BCUT2D eigenvalue weighted by Gasteiger charge is -2.36. The molecular formula is C17H27N6O+. The first-order chi connectivity index (χ1) is 11.4. The number of amides is 1. The minimum atomic E-state index is -0.829. The molecule has 0 aliphatic carbocycles. The van der Waals surface area contributed by atoms with Gasteiger partial charge in [-0.15, -0.1) is 0 Å². The Morgan fingerprint density at radius 3 is 2.42 bits per heavy atom. The van der Waals surface area contributed by atoms with Crippen LogP contribution >= 0.6 is 0 Å². The van der Waals surface area contributed by atoms with Crippen LogP contribution in [0.25, 0.3) is 0 Å². The Balaban J connectivity index is 1.92. The molecular weight excluding hydrogens is 304 g/mol. The fourth-order valence-electron chi connectivity index (χ4n) is 2.73. The van der Waals surface area contributed by atoms with E-state index in [0.29, 0.717) is 0 Å². The highest BCUT2D eigenvalue weighted by Crippen LogP contribution is 2.15. The zero-order valence-corrected chi connectivity index (χ0v) is 14.9. The first-order valence-electron chi connectivity index (χ1n) is 8.47. The number of piperazine rings is 1. The number of rotatable bonds is 5. The first kappa shape index (κ1) is 18.1. The first-order valence-corrected chi connectivity index (χ1v) is 8.47. The lowest BCUT2D eigenvalue weighted by atomic mass is 9.89. The summed E-state index contributed by atoms with van der Waals surface area (Å²) in [5, 5.41) is 12.3. The molecule has 0 radical (unpaired) electrons. The molecule has 1 aliphatic rings. The number of carbonyl (C=O) groups excluding carboxylic acids is 1. The Morgan fingerprint density at radius 1 is 1.33 bits per heavy atom. The van der Waals surface area contributed by atoms with Crippen LogP contribution in [0, 0.1) is 17.2 Å². The number of anilines is 1. The molecule has 2 rings (SSSR count). The van der Waals surface area contributed by atoms with E-state index in [0.717, 1.165) is 32.1 Å². The maximum absolute atomic E-state index is 12.6. The van der Waals surface area contributed by atoms with Crippen LogP contribution in [0.3, 0.4) is 0 Å². The van der Waals surface area contributed by atoms with Gasteiger partial charge in [0.1, 0.15) is 5.54 Å². The molecule has 1 aromatic rings.